The highest BCUT2D eigenvalue weighted by Crippen LogP contribution is 2.16. The highest BCUT2D eigenvalue weighted by molar-refractivity contribution is 8.13. The first-order valence-electron chi connectivity index (χ1n) is 7.21. The van der Waals surface area contributed by atoms with Gasteiger partial charge in [-0.3, -0.25) is 4.79 Å². The molecule has 1 N–H and O–H groups in total. The van der Waals surface area contributed by atoms with E-state index in [1.807, 2.05) is 0 Å². The van der Waals surface area contributed by atoms with E-state index in [4.69, 9.17) is 10.7 Å². The van der Waals surface area contributed by atoms with Gasteiger partial charge in [-0.1, -0.05) is 33.1 Å². The topological polar surface area (TPSA) is 63.2 Å². The van der Waals surface area contributed by atoms with E-state index in [1.165, 1.54) is 24.3 Å². The molecule has 1 aromatic rings. The number of benzene rings is 1. The molecule has 4 nitrogen and oxygen atoms in total. The zero-order chi connectivity index (χ0) is 15.9. The van der Waals surface area contributed by atoms with Gasteiger partial charge in [0.05, 0.1) is 4.90 Å². The van der Waals surface area contributed by atoms with Gasteiger partial charge in [0.1, 0.15) is 0 Å². The summed E-state index contributed by atoms with van der Waals surface area (Å²) in [5.74, 6) is 0.292. The summed E-state index contributed by atoms with van der Waals surface area (Å²) in [5.41, 5.74) is 0.435. The third kappa shape index (κ3) is 6.06. The molecule has 0 radical (unpaired) electrons. The second-order valence-corrected chi connectivity index (χ2v) is 7.65. The zero-order valence-electron chi connectivity index (χ0n) is 12.4. The molecule has 1 unspecified atom stereocenters. The van der Waals surface area contributed by atoms with Crippen LogP contribution in [0, 0.1) is 5.92 Å². The van der Waals surface area contributed by atoms with E-state index in [-0.39, 0.29) is 10.8 Å². The summed E-state index contributed by atoms with van der Waals surface area (Å²) in [4.78, 5) is 12.0. The minimum Gasteiger partial charge on any atom is -0.352 e. The largest absolute Gasteiger partial charge is 0.352 e. The molecule has 0 saturated carbocycles. The molecule has 1 amide bonds. The van der Waals surface area contributed by atoms with Crippen molar-refractivity contribution < 1.29 is 13.2 Å². The van der Waals surface area contributed by atoms with Gasteiger partial charge >= 0.3 is 0 Å². The Morgan fingerprint density at radius 1 is 1.24 bits per heavy atom. The van der Waals surface area contributed by atoms with Gasteiger partial charge in [-0.2, -0.15) is 0 Å². The minimum atomic E-state index is -3.74. The van der Waals surface area contributed by atoms with Crippen LogP contribution in [0.5, 0.6) is 0 Å². The molecule has 0 aliphatic heterocycles. The average molecular weight is 332 g/mol. The molecule has 6 heteroatoms. The predicted octanol–water partition coefficient (Wildman–Crippen LogP) is 3.56. The van der Waals surface area contributed by atoms with E-state index in [2.05, 4.69) is 19.2 Å². The molecule has 0 fully saturated rings. The van der Waals surface area contributed by atoms with Crippen LogP contribution in [-0.4, -0.2) is 20.9 Å². The number of hydrogen-bond acceptors (Lipinski definition) is 3. The van der Waals surface area contributed by atoms with E-state index in [0.29, 0.717) is 18.0 Å². The molecular weight excluding hydrogens is 310 g/mol. The predicted molar refractivity (Wildman–Crippen MR) is 85.1 cm³/mol. The van der Waals surface area contributed by atoms with Crippen molar-refractivity contribution in [2.24, 2.45) is 5.92 Å². The molecule has 0 spiro atoms. The lowest BCUT2D eigenvalue weighted by molar-refractivity contribution is 0.0945. The standard InChI is InChI=1S/C15H22ClNO3S/c1-3-5-6-12(4-2)11-17-15(18)13-7-9-14(10-8-13)21(16,19)20/h7-10,12H,3-6,11H2,1-2H3,(H,17,18). The summed E-state index contributed by atoms with van der Waals surface area (Å²) in [6, 6.07) is 5.62. The Bertz CT molecular complexity index is 555. The number of halogens is 1. The van der Waals surface area contributed by atoms with E-state index in [1.54, 1.807) is 0 Å². The molecule has 21 heavy (non-hydrogen) atoms. The molecule has 0 saturated heterocycles. The van der Waals surface area contributed by atoms with E-state index < -0.39 is 9.05 Å². The molecule has 0 aliphatic carbocycles. The summed E-state index contributed by atoms with van der Waals surface area (Å²) in [5, 5.41) is 2.90. The maximum absolute atomic E-state index is 12.0. The molecule has 1 atom stereocenters. The van der Waals surface area contributed by atoms with Crippen LogP contribution in [0.3, 0.4) is 0 Å². The first-order chi connectivity index (χ1) is 9.88. The molecule has 0 aromatic heterocycles. The van der Waals surface area contributed by atoms with Crippen LogP contribution in [0.15, 0.2) is 29.2 Å². The van der Waals surface area contributed by atoms with Gasteiger partial charge in [0, 0.05) is 22.8 Å². The number of rotatable bonds is 8. The first-order valence-corrected chi connectivity index (χ1v) is 9.52. The van der Waals surface area contributed by atoms with Crippen molar-refractivity contribution in [3.05, 3.63) is 29.8 Å². The molecule has 118 valence electrons. The smallest absolute Gasteiger partial charge is 0.261 e. The van der Waals surface area contributed by atoms with Crippen molar-refractivity contribution in [1.82, 2.24) is 5.32 Å². The fraction of sp³-hybridized carbons (Fsp3) is 0.533. The Morgan fingerprint density at radius 2 is 1.86 bits per heavy atom. The van der Waals surface area contributed by atoms with Crippen LogP contribution in [0.1, 0.15) is 49.9 Å². The highest BCUT2D eigenvalue weighted by atomic mass is 35.7. The van der Waals surface area contributed by atoms with Crippen molar-refractivity contribution in [1.29, 1.82) is 0 Å². The lowest BCUT2D eigenvalue weighted by Crippen LogP contribution is -2.29. The molecule has 0 heterocycles. The number of carbonyl (C=O) groups is 1. The maximum Gasteiger partial charge on any atom is 0.261 e. The Balaban J connectivity index is 2.59. The third-order valence-electron chi connectivity index (χ3n) is 3.49. The van der Waals surface area contributed by atoms with E-state index in [9.17, 15) is 13.2 Å². The van der Waals surface area contributed by atoms with Crippen LogP contribution in [0.25, 0.3) is 0 Å². The van der Waals surface area contributed by atoms with Crippen molar-refractivity contribution in [3.63, 3.8) is 0 Å². The molecule has 1 rings (SSSR count). The monoisotopic (exact) mass is 331 g/mol. The van der Waals surface area contributed by atoms with Gasteiger partial charge in [0.2, 0.25) is 0 Å². The number of hydrogen-bond donors (Lipinski definition) is 1. The maximum atomic E-state index is 12.0. The van der Waals surface area contributed by atoms with E-state index >= 15 is 0 Å². The van der Waals surface area contributed by atoms with Crippen molar-refractivity contribution in [2.75, 3.05) is 6.54 Å². The van der Waals surface area contributed by atoms with Crippen molar-refractivity contribution in [2.45, 2.75) is 44.4 Å². The fourth-order valence-electron chi connectivity index (χ4n) is 2.05. The van der Waals surface area contributed by atoms with Gasteiger partial charge in [0.25, 0.3) is 15.0 Å². The minimum absolute atomic E-state index is 0.00454. The second-order valence-electron chi connectivity index (χ2n) is 5.09. The lowest BCUT2D eigenvalue weighted by Gasteiger charge is -2.15. The Labute approximate surface area is 131 Å². The number of carbonyl (C=O) groups excluding carboxylic acids is 1. The lowest BCUT2D eigenvalue weighted by atomic mass is 9.99. The van der Waals surface area contributed by atoms with Gasteiger partial charge in [-0.05, 0) is 36.6 Å². The van der Waals surface area contributed by atoms with Gasteiger partial charge in [0.15, 0.2) is 0 Å². The van der Waals surface area contributed by atoms with Gasteiger partial charge in [-0.25, -0.2) is 8.42 Å². The van der Waals surface area contributed by atoms with Crippen molar-refractivity contribution >= 4 is 25.6 Å². The SMILES string of the molecule is CCCCC(CC)CNC(=O)c1ccc(S(=O)(=O)Cl)cc1. The van der Waals surface area contributed by atoms with Crippen LogP contribution >= 0.6 is 10.7 Å². The van der Waals surface area contributed by atoms with Crippen LogP contribution in [0.2, 0.25) is 0 Å². The fourth-order valence-corrected chi connectivity index (χ4v) is 2.82. The Hall–Kier alpha value is -1.07. The van der Waals surface area contributed by atoms with Gasteiger partial charge < -0.3 is 5.32 Å². The van der Waals surface area contributed by atoms with Gasteiger partial charge in [-0.15, -0.1) is 0 Å². The first kappa shape index (κ1) is 18.0. The molecular formula is C15H22ClNO3S. The summed E-state index contributed by atoms with van der Waals surface area (Å²) in [6.45, 7) is 4.91. The van der Waals surface area contributed by atoms with Crippen LogP contribution in [0.4, 0.5) is 0 Å². The molecule has 0 bridgehead atoms. The zero-order valence-corrected chi connectivity index (χ0v) is 14.0. The number of amides is 1. The second kappa shape index (κ2) is 8.39. The summed E-state index contributed by atoms with van der Waals surface area (Å²) >= 11 is 0. The van der Waals surface area contributed by atoms with Crippen molar-refractivity contribution in [3.8, 4) is 0 Å². The van der Waals surface area contributed by atoms with E-state index in [0.717, 1.165) is 25.7 Å². The van der Waals surface area contributed by atoms with Crippen LogP contribution < -0.4 is 5.32 Å². The molecule has 1 aromatic carbocycles. The summed E-state index contributed by atoms with van der Waals surface area (Å²) < 4.78 is 22.3. The normalized spacial score (nSPS) is 12.9. The number of unbranched alkanes of at least 4 members (excludes halogenated alkanes) is 1. The number of nitrogens with one attached hydrogen (secondary N) is 1. The van der Waals surface area contributed by atoms with Crippen LogP contribution in [-0.2, 0) is 9.05 Å². The third-order valence-corrected chi connectivity index (χ3v) is 4.86. The average Bonchev–Trinajstić information content (AvgIpc) is 2.46. The summed E-state index contributed by atoms with van der Waals surface area (Å²) in [6.07, 6.45) is 4.45. The summed E-state index contributed by atoms with van der Waals surface area (Å²) in [7, 11) is 1.49. The Kier molecular flexibility index (Phi) is 7.18. The quantitative estimate of drug-likeness (QED) is 0.741. The highest BCUT2D eigenvalue weighted by Gasteiger charge is 2.13. The molecule has 0 aliphatic rings. The Morgan fingerprint density at radius 3 is 2.33 bits per heavy atom.